The van der Waals surface area contributed by atoms with Crippen LogP contribution in [0.5, 0.6) is 0 Å². The third-order valence-electron chi connectivity index (χ3n) is 4.17. The fourth-order valence-corrected chi connectivity index (χ4v) is 3.23. The molecule has 1 atom stereocenters. The summed E-state index contributed by atoms with van der Waals surface area (Å²) in [5, 5.41) is 11.7. The molecular weight excluding hydrogens is 462 g/mol. The Kier molecular flexibility index (Phi) is 5.62. The summed E-state index contributed by atoms with van der Waals surface area (Å²) in [6, 6.07) is 7.39. The molecule has 3 rings (SSSR count). The topological polar surface area (TPSA) is 64.7 Å². The summed E-state index contributed by atoms with van der Waals surface area (Å²) < 4.78 is 5.44. The number of carbonyl (C=O) groups excluding carboxylic acids is 1. The molecule has 0 saturated heterocycles. The summed E-state index contributed by atoms with van der Waals surface area (Å²) in [5.74, 6) is -0.119. The minimum atomic E-state index is -0.406. The molecule has 0 bridgehead atoms. The zero-order valence-corrected chi connectivity index (χ0v) is 17.9. The molecule has 136 valence electrons. The molecule has 0 aliphatic heterocycles. The van der Waals surface area contributed by atoms with Crippen LogP contribution in [-0.2, 0) is 11.3 Å². The minimum absolute atomic E-state index is 0.119. The molecule has 8 heteroatoms. The van der Waals surface area contributed by atoms with Gasteiger partial charge in [0.1, 0.15) is 6.04 Å². The monoisotopic (exact) mass is 479 g/mol. The lowest BCUT2D eigenvalue weighted by Crippen LogP contribution is -2.24. The molecule has 1 amide bonds. The maximum Gasteiger partial charge on any atom is 0.248 e. The van der Waals surface area contributed by atoms with Gasteiger partial charge in [-0.1, -0.05) is 12.1 Å². The number of amides is 1. The van der Waals surface area contributed by atoms with Crippen molar-refractivity contribution >= 4 is 43.5 Å². The summed E-state index contributed by atoms with van der Waals surface area (Å²) in [6.07, 6.45) is 3.44. The van der Waals surface area contributed by atoms with Gasteiger partial charge in [-0.25, -0.2) is 0 Å². The number of hydrogen-bond acceptors (Lipinski definition) is 3. The second-order valence-corrected chi connectivity index (χ2v) is 7.86. The van der Waals surface area contributed by atoms with E-state index in [2.05, 4.69) is 47.4 Å². The van der Waals surface area contributed by atoms with Gasteiger partial charge in [-0.05, 0) is 70.3 Å². The predicted octanol–water partition coefficient (Wildman–Crippen LogP) is 4.47. The molecular formula is C18H19Br2N5O. The molecule has 1 N–H and O–H groups in total. The number of benzene rings is 1. The molecule has 0 saturated carbocycles. The Morgan fingerprint density at radius 2 is 2.08 bits per heavy atom. The fourth-order valence-electron chi connectivity index (χ4n) is 2.64. The van der Waals surface area contributed by atoms with Gasteiger partial charge in [-0.15, -0.1) is 0 Å². The van der Waals surface area contributed by atoms with Gasteiger partial charge in [0.05, 0.1) is 33.1 Å². The second-order valence-electron chi connectivity index (χ2n) is 6.15. The maximum absolute atomic E-state index is 12.5. The molecule has 0 spiro atoms. The molecule has 0 aliphatic carbocycles. The first-order chi connectivity index (χ1) is 12.3. The summed E-state index contributed by atoms with van der Waals surface area (Å²) >= 11 is 6.89. The van der Waals surface area contributed by atoms with E-state index in [9.17, 15) is 4.79 Å². The van der Waals surface area contributed by atoms with Crippen molar-refractivity contribution < 1.29 is 4.79 Å². The average molecular weight is 481 g/mol. The lowest BCUT2D eigenvalue weighted by atomic mass is 10.2. The van der Waals surface area contributed by atoms with Gasteiger partial charge in [-0.3, -0.25) is 14.2 Å². The van der Waals surface area contributed by atoms with Crippen molar-refractivity contribution in [1.29, 1.82) is 0 Å². The van der Waals surface area contributed by atoms with Crippen LogP contribution >= 0.6 is 31.9 Å². The van der Waals surface area contributed by atoms with Gasteiger partial charge in [0, 0.05) is 11.9 Å². The van der Waals surface area contributed by atoms with Crippen LogP contribution in [0.3, 0.4) is 0 Å². The van der Waals surface area contributed by atoms with Crippen LogP contribution in [0.15, 0.2) is 45.6 Å². The molecule has 3 aromatic rings. The summed E-state index contributed by atoms with van der Waals surface area (Å²) in [6.45, 7) is 6.45. The highest BCUT2D eigenvalue weighted by Gasteiger charge is 2.16. The van der Waals surface area contributed by atoms with Crippen molar-refractivity contribution in [1.82, 2.24) is 19.6 Å². The molecule has 26 heavy (non-hydrogen) atoms. The summed E-state index contributed by atoms with van der Waals surface area (Å²) in [5.41, 5.74) is 3.86. The van der Waals surface area contributed by atoms with Crippen molar-refractivity contribution in [3.63, 3.8) is 0 Å². The Labute approximate surface area is 168 Å². The molecule has 1 unspecified atom stereocenters. The SMILES string of the molecule is Cc1nn(Cc2cccc(NC(=O)C(C)n3cc(Br)cn3)c2)c(C)c1Br. The third kappa shape index (κ3) is 4.07. The first-order valence-corrected chi connectivity index (χ1v) is 9.72. The number of rotatable bonds is 5. The van der Waals surface area contributed by atoms with E-state index >= 15 is 0 Å². The fraction of sp³-hybridized carbons (Fsp3) is 0.278. The lowest BCUT2D eigenvalue weighted by Gasteiger charge is -2.13. The Balaban J connectivity index is 1.72. The number of aryl methyl sites for hydroxylation is 1. The van der Waals surface area contributed by atoms with Crippen molar-refractivity contribution in [2.45, 2.75) is 33.4 Å². The molecule has 0 fully saturated rings. The number of nitrogens with zero attached hydrogens (tertiary/aromatic N) is 4. The van der Waals surface area contributed by atoms with E-state index in [1.165, 1.54) is 0 Å². The zero-order chi connectivity index (χ0) is 18.8. The van der Waals surface area contributed by atoms with Crippen LogP contribution in [-0.4, -0.2) is 25.5 Å². The van der Waals surface area contributed by atoms with Crippen LogP contribution in [0.2, 0.25) is 0 Å². The van der Waals surface area contributed by atoms with E-state index in [1.807, 2.05) is 49.7 Å². The standard InChI is InChI=1S/C18H19Br2N5O/c1-11-17(20)12(2)25(23-11)9-14-5-4-6-16(7-14)22-18(26)13(3)24-10-15(19)8-21-24/h4-8,10,13H,9H2,1-3H3,(H,22,26). The van der Waals surface area contributed by atoms with Gasteiger partial charge < -0.3 is 5.32 Å². The van der Waals surface area contributed by atoms with Gasteiger partial charge in [0.25, 0.3) is 0 Å². The van der Waals surface area contributed by atoms with Gasteiger partial charge in [0.15, 0.2) is 0 Å². The van der Waals surface area contributed by atoms with E-state index in [4.69, 9.17) is 0 Å². The normalized spacial score (nSPS) is 12.2. The van der Waals surface area contributed by atoms with Crippen LogP contribution in [0, 0.1) is 13.8 Å². The average Bonchev–Trinajstić information content (AvgIpc) is 3.14. The van der Waals surface area contributed by atoms with Gasteiger partial charge in [-0.2, -0.15) is 10.2 Å². The molecule has 1 aromatic carbocycles. The van der Waals surface area contributed by atoms with Crippen molar-refractivity contribution in [2.75, 3.05) is 5.32 Å². The summed E-state index contributed by atoms with van der Waals surface area (Å²) in [4.78, 5) is 12.5. The molecule has 6 nitrogen and oxygen atoms in total. The van der Waals surface area contributed by atoms with Crippen LogP contribution in [0.4, 0.5) is 5.69 Å². The molecule has 0 radical (unpaired) electrons. The minimum Gasteiger partial charge on any atom is -0.324 e. The number of anilines is 1. The highest BCUT2D eigenvalue weighted by Crippen LogP contribution is 2.21. The van der Waals surface area contributed by atoms with Crippen molar-refractivity contribution in [2.24, 2.45) is 0 Å². The van der Waals surface area contributed by atoms with E-state index in [0.29, 0.717) is 6.54 Å². The first kappa shape index (κ1) is 18.8. The highest BCUT2D eigenvalue weighted by molar-refractivity contribution is 9.10. The quantitative estimate of drug-likeness (QED) is 0.585. The predicted molar refractivity (Wildman–Crippen MR) is 108 cm³/mol. The maximum atomic E-state index is 12.5. The number of aromatic nitrogens is 4. The highest BCUT2D eigenvalue weighted by atomic mass is 79.9. The second kappa shape index (κ2) is 7.75. The van der Waals surface area contributed by atoms with Crippen LogP contribution in [0.25, 0.3) is 0 Å². The first-order valence-electron chi connectivity index (χ1n) is 8.14. The smallest absolute Gasteiger partial charge is 0.248 e. The lowest BCUT2D eigenvalue weighted by molar-refractivity contribution is -0.119. The Bertz CT molecular complexity index is 947. The number of halogens is 2. The van der Waals surface area contributed by atoms with Crippen molar-refractivity contribution in [3.8, 4) is 0 Å². The van der Waals surface area contributed by atoms with Gasteiger partial charge >= 0.3 is 0 Å². The number of carbonyl (C=O) groups is 1. The molecule has 0 aliphatic rings. The van der Waals surface area contributed by atoms with E-state index in [0.717, 1.165) is 31.6 Å². The Morgan fingerprint density at radius 3 is 2.69 bits per heavy atom. The largest absolute Gasteiger partial charge is 0.324 e. The Morgan fingerprint density at radius 1 is 1.31 bits per heavy atom. The zero-order valence-electron chi connectivity index (χ0n) is 14.7. The molecule has 2 aromatic heterocycles. The number of hydrogen-bond donors (Lipinski definition) is 1. The Hall–Kier alpha value is -1.93. The number of nitrogens with one attached hydrogen (secondary N) is 1. The van der Waals surface area contributed by atoms with Crippen LogP contribution < -0.4 is 5.32 Å². The van der Waals surface area contributed by atoms with Gasteiger partial charge in [0.2, 0.25) is 5.91 Å². The van der Waals surface area contributed by atoms with E-state index in [-0.39, 0.29) is 5.91 Å². The third-order valence-corrected chi connectivity index (χ3v) is 5.72. The van der Waals surface area contributed by atoms with Crippen molar-refractivity contribution in [3.05, 3.63) is 62.6 Å². The van der Waals surface area contributed by atoms with Crippen LogP contribution in [0.1, 0.15) is 29.9 Å². The van der Waals surface area contributed by atoms with E-state index in [1.54, 1.807) is 17.1 Å². The summed E-state index contributed by atoms with van der Waals surface area (Å²) in [7, 11) is 0. The molecule has 2 heterocycles. The van der Waals surface area contributed by atoms with E-state index < -0.39 is 6.04 Å².